The first-order valence-electron chi connectivity index (χ1n) is 6.82. The molecule has 0 radical (unpaired) electrons. The van der Waals surface area contributed by atoms with Crippen LogP contribution >= 0.6 is 0 Å². The predicted molar refractivity (Wildman–Crippen MR) is 73.7 cm³/mol. The summed E-state index contributed by atoms with van der Waals surface area (Å²) < 4.78 is 5.19. The van der Waals surface area contributed by atoms with Gasteiger partial charge in [-0.2, -0.15) is 4.98 Å². The Hall–Kier alpha value is -1.59. The summed E-state index contributed by atoms with van der Waals surface area (Å²) in [6.45, 7) is 7.35. The van der Waals surface area contributed by atoms with Gasteiger partial charge >= 0.3 is 0 Å². The summed E-state index contributed by atoms with van der Waals surface area (Å²) in [4.78, 5) is 8.53. The van der Waals surface area contributed by atoms with E-state index in [1.165, 1.54) is 19.3 Å². The van der Waals surface area contributed by atoms with Gasteiger partial charge in [0.15, 0.2) is 11.8 Å². The molecule has 0 aromatic carbocycles. The van der Waals surface area contributed by atoms with Crippen molar-refractivity contribution in [3.8, 4) is 0 Å². The van der Waals surface area contributed by atoms with E-state index in [-0.39, 0.29) is 5.41 Å². The molecule has 0 amide bonds. The first kappa shape index (κ1) is 13.8. The lowest BCUT2D eigenvalue weighted by Gasteiger charge is -2.25. The summed E-state index contributed by atoms with van der Waals surface area (Å²) in [5.74, 6) is 2.40. The van der Waals surface area contributed by atoms with Crippen molar-refractivity contribution in [2.24, 2.45) is 16.6 Å². The Morgan fingerprint density at radius 1 is 1.47 bits per heavy atom. The summed E-state index contributed by atoms with van der Waals surface area (Å²) in [7, 11) is 0. The maximum absolute atomic E-state index is 5.79. The fourth-order valence-electron chi connectivity index (χ4n) is 1.78. The molecule has 0 unspecified atom stereocenters. The largest absolute Gasteiger partial charge is 0.370 e. The Kier molecular flexibility index (Phi) is 4.07. The Balaban J connectivity index is 1.81. The molecular weight excluding hydrogens is 242 g/mol. The molecule has 106 valence electrons. The summed E-state index contributed by atoms with van der Waals surface area (Å²) in [6, 6.07) is 0. The maximum Gasteiger partial charge on any atom is 0.232 e. The van der Waals surface area contributed by atoms with Gasteiger partial charge in [-0.3, -0.25) is 0 Å². The summed E-state index contributed by atoms with van der Waals surface area (Å²) in [5, 5.41) is 7.03. The highest BCUT2D eigenvalue weighted by Crippen LogP contribution is 2.25. The third kappa shape index (κ3) is 3.94. The molecule has 0 saturated heterocycles. The number of hydrogen-bond acceptors (Lipinski definition) is 4. The van der Waals surface area contributed by atoms with Gasteiger partial charge in [0.1, 0.15) is 6.54 Å². The number of nitrogens with one attached hydrogen (secondary N) is 1. The first-order chi connectivity index (χ1) is 8.95. The minimum absolute atomic E-state index is 0.136. The molecule has 3 N–H and O–H groups in total. The summed E-state index contributed by atoms with van der Waals surface area (Å²) in [5.41, 5.74) is 5.66. The van der Waals surface area contributed by atoms with Gasteiger partial charge in [0.05, 0.1) is 0 Å². The summed E-state index contributed by atoms with van der Waals surface area (Å²) >= 11 is 0. The van der Waals surface area contributed by atoms with Crippen LogP contribution in [0.1, 0.15) is 51.7 Å². The molecule has 1 saturated carbocycles. The van der Waals surface area contributed by atoms with Crippen molar-refractivity contribution in [2.75, 3.05) is 6.54 Å². The van der Waals surface area contributed by atoms with Crippen LogP contribution in [0.3, 0.4) is 0 Å². The zero-order chi connectivity index (χ0) is 13.9. The van der Waals surface area contributed by atoms with Crippen molar-refractivity contribution in [1.29, 1.82) is 0 Å². The second kappa shape index (κ2) is 5.59. The Morgan fingerprint density at radius 3 is 2.74 bits per heavy atom. The van der Waals surface area contributed by atoms with Crippen LogP contribution in [0.25, 0.3) is 0 Å². The van der Waals surface area contributed by atoms with Gasteiger partial charge in [-0.15, -0.1) is 0 Å². The number of nitrogens with zero attached hydrogens (tertiary/aromatic N) is 3. The van der Waals surface area contributed by atoms with E-state index in [4.69, 9.17) is 10.3 Å². The highest BCUT2D eigenvalue weighted by atomic mass is 16.5. The third-order valence-electron chi connectivity index (χ3n) is 3.30. The molecule has 1 aromatic heterocycles. The fraction of sp³-hybridized carbons (Fsp3) is 0.769. The number of guanidine groups is 1. The number of nitrogens with two attached hydrogens (primary N) is 1. The zero-order valence-electron chi connectivity index (χ0n) is 11.9. The molecule has 1 aliphatic carbocycles. The van der Waals surface area contributed by atoms with E-state index < -0.39 is 0 Å². The van der Waals surface area contributed by atoms with Crippen molar-refractivity contribution in [1.82, 2.24) is 15.5 Å². The van der Waals surface area contributed by atoms with Gasteiger partial charge in [0.25, 0.3) is 0 Å². The van der Waals surface area contributed by atoms with Crippen LogP contribution in [-0.4, -0.2) is 22.6 Å². The van der Waals surface area contributed by atoms with Gasteiger partial charge in [0, 0.05) is 12.0 Å². The highest BCUT2D eigenvalue weighted by molar-refractivity contribution is 5.77. The third-order valence-corrected chi connectivity index (χ3v) is 3.30. The normalized spacial score (nSPS) is 17.3. The number of aliphatic imine (C=N–C) groups is 1. The van der Waals surface area contributed by atoms with Gasteiger partial charge in [-0.25, -0.2) is 4.99 Å². The Labute approximate surface area is 113 Å². The molecule has 6 nitrogen and oxygen atoms in total. The minimum atomic E-state index is -0.136. The molecule has 1 fully saturated rings. The van der Waals surface area contributed by atoms with E-state index in [9.17, 15) is 0 Å². The van der Waals surface area contributed by atoms with E-state index >= 15 is 0 Å². The number of aromatic nitrogens is 2. The Bertz CT molecular complexity index is 442. The molecule has 1 heterocycles. The fourth-order valence-corrected chi connectivity index (χ4v) is 1.78. The van der Waals surface area contributed by atoms with Crippen molar-refractivity contribution in [3.05, 3.63) is 11.7 Å². The predicted octanol–water partition coefficient (Wildman–Crippen LogP) is 1.57. The van der Waals surface area contributed by atoms with Crippen molar-refractivity contribution in [3.63, 3.8) is 0 Å². The van der Waals surface area contributed by atoms with Crippen molar-refractivity contribution >= 4 is 5.96 Å². The van der Waals surface area contributed by atoms with Crippen LogP contribution in [-0.2, 0) is 12.0 Å². The molecule has 0 bridgehead atoms. The molecule has 19 heavy (non-hydrogen) atoms. The van der Waals surface area contributed by atoms with Crippen LogP contribution in [0.4, 0.5) is 0 Å². The van der Waals surface area contributed by atoms with Gasteiger partial charge in [-0.05, 0) is 18.8 Å². The van der Waals surface area contributed by atoms with E-state index in [2.05, 4.69) is 20.4 Å². The van der Waals surface area contributed by atoms with E-state index in [1.807, 2.05) is 20.8 Å². The molecule has 0 atom stereocenters. The van der Waals surface area contributed by atoms with Crippen LogP contribution < -0.4 is 11.1 Å². The summed E-state index contributed by atoms with van der Waals surface area (Å²) in [6.07, 6.45) is 3.92. The van der Waals surface area contributed by atoms with Gasteiger partial charge < -0.3 is 15.6 Å². The van der Waals surface area contributed by atoms with Crippen molar-refractivity contribution in [2.45, 2.75) is 52.0 Å². The van der Waals surface area contributed by atoms with Crippen molar-refractivity contribution < 1.29 is 4.52 Å². The second-order valence-electron chi connectivity index (χ2n) is 6.15. The van der Waals surface area contributed by atoms with Crippen LogP contribution in [0.5, 0.6) is 0 Å². The van der Waals surface area contributed by atoms with Gasteiger partial charge in [0.2, 0.25) is 5.89 Å². The molecule has 1 aromatic rings. The van der Waals surface area contributed by atoms with E-state index in [1.54, 1.807) is 0 Å². The first-order valence-corrected chi connectivity index (χ1v) is 6.82. The standard InChI is InChI=1S/C13H23N5O/c1-13(2,3)11-17-10(18-19-11)8-16-12(14)15-7-9-5-4-6-9/h9H,4-8H2,1-3H3,(H3,14,15,16). The van der Waals surface area contributed by atoms with E-state index in [0.29, 0.717) is 24.2 Å². The lowest BCUT2D eigenvalue weighted by atomic mass is 9.85. The van der Waals surface area contributed by atoms with E-state index in [0.717, 1.165) is 12.5 Å². The minimum Gasteiger partial charge on any atom is -0.370 e. The average Bonchev–Trinajstić information content (AvgIpc) is 2.72. The second-order valence-corrected chi connectivity index (χ2v) is 6.15. The quantitative estimate of drug-likeness (QED) is 0.637. The number of rotatable bonds is 4. The van der Waals surface area contributed by atoms with Gasteiger partial charge in [-0.1, -0.05) is 32.3 Å². The molecule has 2 rings (SSSR count). The SMILES string of the molecule is CC(C)(C)c1nc(CN=C(N)NCC2CCC2)no1. The lowest BCUT2D eigenvalue weighted by molar-refractivity contribution is 0.315. The molecule has 0 spiro atoms. The Morgan fingerprint density at radius 2 is 2.21 bits per heavy atom. The topological polar surface area (TPSA) is 89.3 Å². The van der Waals surface area contributed by atoms with Crippen LogP contribution in [0.15, 0.2) is 9.52 Å². The lowest BCUT2D eigenvalue weighted by Crippen LogP contribution is -2.37. The monoisotopic (exact) mass is 265 g/mol. The van der Waals surface area contributed by atoms with Crippen LogP contribution in [0, 0.1) is 5.92 Å². The maximum atomic E-state index is 5.79. The molecule has 1 aliphatic rings. The molecule has 6 heteroatoms. The highest BCUT2D eigenvalue weighted by Gasteiger charge is 2.21. The smallest absolute Gasteiger partial charge is 0.232 e. The average molecular weight is 265 g/mol. The number of hydrogen-bond donors (Lipinski definition) is 2. The zero-order valence-corrected chi connectivity index (χ0v) is 11.9. The molecular formula is C13H23N5O. The molecule has 0 aliphatic heterocycles. The van der Waals surface area contributed by atoms with Crippen LogP contribution in [0.2, 0.25) is 0 Å².